The van der Waals surface area contributed by atoms with Crippen molar-refractivity contribution in [2.24, 2.45) is 0 Å². The Labute approximate surface area is 130 Å². The van der Waals surface area contributed by atoms with E-state index in [1.165, 1.54) is 19.4 Å². The molecule has 116 valence electrons. The Hall–Kier alpha value is -1.88. The molecule has 0 N–H and O–H groups in total. The summed E-state index contributed by atoms with van der Waals surface area (Å²) in [6.45, 7) is 6.52. The second-order valence-electron chi connectivity index (χ2n) is 6.27. The highest BCUT2D eigenvalue weighted by molar-refractivity contribution is 5.83. The zero-order valence-corrected chi connectivity index (χ0v) is 13.2. The van der Waals surface area contributed by atoms with Crippen molar-refractivity contribution in [3.8, 4) is 5.75 Å². The van der Waals surface area contributed by atoms with Crippen LogP contribution in [0.5, 0.6) is 5.75 Å². The summed E-state index contributed by atoms with van der Waals surface area (Å²) in [6, 6.07) is 6.69. The summed E-state index contributed by atoms with van der Waals surface area (Å²) < 4.78 is 5.32. The zero-order chi connectivity index (χ0) is 15.1. The third-order valence-electron chi connectivity index (χ3n) is 4.95. The maximum atomic E-state index is 5.32. The summed E-state index contributed by atoms with van der Waals surface area (Å²) in [5.74, 6) is 1.71. The van der Waals surface area contributed by atoms with Crippen LogP contribution in [0.3, 0.4) is 0 Å². The smallest absolute Gasteiger partial charge is 0.226 e. The van der Waals surface area contributed by atoms with E-state index in [0.29, 0.717) is 6.04 Å². The summed E-state index contributed by atoms with van der Waals surface area (Å²) in [7, 11) is 1.69. The Bertz CT molecular complexity index is 702. The van der Waals surface area contributed by atoms with Gasteiger partial charge in [0.1, 0.15) is 5.75 Å². The van der Waals surface area contributed by atoms with Crippen LogP contribution in [0.25, 0.3) is 10.9 Å². The number of aryl methyl sites for hydroxylation is 1. The average Bonchev–Trinajstić information content (AvgIpc) is 3.01. The number of methoxy groups -OCH3 is 1. The lowest BCUT2D eigenvalue weighted by atomic mass is 10.1. The summed E-state index contributed by atoms with van der Waals surface area (Å²) in [5, 5.41) is 1.10. The number of anilines is 1. The first-order valence-corrected chi connectivity index (χ1v) is 8.06. The van der Waals surface area contributed by atoms with Crippen LogP contribution < -0.4 is 9.64 Å². The predicted octanol–water partition coefficient (Wildman–Crippen LogP) is 2.23. The molecule has 0 radical (unpaired) electrons. The van der Waals surface area contributed by atoms with E-state index in [9.17, 15) is 0 Å². The third-order valence-corrected chi connectivity index (χ3v) is 4.95. The maximum absolute atomic E-state index is 5.32. The third kappa shape index (κ3) is 2.29. The number of hydrogen-bond acceptors (Lipinski definition) is 5. The molecule has 2 aliphatic rings. The van der Waals surface area contributed by atoms with Crippen molar-refractivity contribution in [2.45, 2.75) is 25.8 Å². The molecule has 1 atom stereocenters. The second-order valence-corrected chi connectivity index (χ2v) is 6.27. The maximum Gasteiger partial charge on any atom is 0.226 e. The van der Waals surface area contributed by atoms with Gasteiger partial charge >= 0.3 is 0 Å². The molecule has 0 spiro atoms. The number of piperazine rings is 1. The van der Waals surface area contributed by atoms with Crippen LogP contribution in [-0.4, -0.2) is 54.2 Å². The Balaban J connectivity index is 1.69. The molecule has 0 saturated carbocycles. The van der Waals surface area contributed by atoms with Crippen LogP contribution in [0.1, 0.15) is 18.5 Å². The van der Waals surface area contributed by atoms with Gasteiger partial charge in [0.2, 0.25) is 5.95 Å². The predicted molar refractivity (Wildman–Crippen MR) is 87.6 cm³/mol. The van der Waals surface area contributed by atoms with Gasteiger partial charge in [0.15, 0.2) is 0 Å². The molecule has 2 fully saturated rings. The molecule has 3 heterocycles. The number of nitrogens with zero attached hydrogens (tertiary/aromatic N) is 4. The van der Waals surface area contributed by atoms with Crippen molar-refractivity contribution in [1.82, 2.24) is 14.9 Å². The average molecular weight is 298 g/mol. The minimum atomic E-state index is 0.679. The van der Waals surface area contributed by atoms with Gasteiger partial charge in [0, 0.05) is 37.1 Å². The zero-order valence-electron chi connectivity index (χ0n) is 13.2. The topological polar surface area (TPSA) is 41.5 Å². The molecule has 1 aromatic heterocycles. The molecule has 2 saturated heterocycles. The van der Waals surface area contributed by atoms with E-state index in [0.717, 1.165) is 47.9 Å². The molecular formula is C17H22N4O. The first kappa shape index (κ1) is 13.8. The van der Waals surface area contributed by atoms with Gasteiger partial charge in [-0.3, -0.25) is 4.90 Å². The quantitative estimate of drug-likeness (QED) is 0.850. The second kappa shape index (κ2) is 5.39. The van der Waals surface area contributed by atoms with Gasteiger partial charge in [-0.2, -0.15) is 0 Å². The van der Waals surface area contributed by atoms with Crippen molar-refractivity contribution in [3.63, 3.8) is 0 Å². The molecule has 4 rings (SSSR count). The van der Waals surface area contributed by atoms with E-state index < -0.39 is 0 Å². The van der Waals surface area contributed by atoms with Crippen molar-refractivity contribution >= 4 is 16.9 Å². The van der Waals surface area contributed by atoms with Crippen LogP contribution in [0, 0.1) is 6.92 Å². The van der Waals surface area contributed by atoms with Crippen molar-refractivity contribution in [2.75, 3.05) is 38.2 Å². The van der Waals surface area contributed by atoms with Crippen molar-refractivity contribution in [1.29, 1.82) is 0 Å². The van der Waals surface area contributed by atoms with E-state index >= 15 is 0 Å². The van der Waals surface area contributed by atoms with Crippen LogP contribution in [0.15, 0.2) is 18.2 Å². The van der Waals surface area contributed by atoms with E-state index in [-0.39, 0.29) is 0 Å². The van der Waals surface area contributed by atoms with Crippen molar-refractivity contribution in [3.05, 3.63) is 23.9 Å². The molecule has 5 nitrogen and oxygen atoms in total. The number of aromatic nitrogens is 2. The van der Waals surface area contributed by atoms with Gasteiger partial charge in [-0.25, -0.2) is 9.97 Å². The Kier molecular flexibility index (Phi) is 3.37. The number of rotatable bonds is 2. The normalized spacial score (nSPS) is 22.1. The fourth-order valence-corrected chi connectivity index (χ4v) is 3.69. The molecule has 2 aromatic rings. The van der Waals surface area contributed by atoms with Gasteiger partial charge in [-0.1, -0.05) is 0 Å². The minimum absolute atomic E-state index is 0.679. The lowest BCUT2D eigenvalue weighted by molar-refractivity contribution is 0.229. The van der Waals surface area contributed by atoms with Crippen LogP contribution in [0.4, 0.5) is 5.95 Å². The van der Waals surface area contributed by atoms with Gasteiger partial charge in [0.25, 0.3) is 0 Å². The largest absolute Gasteiger partial charge is 0.497 e. The summed E-state index contributed by atoms with van der Waals surface area (Å²) in [5.41, 5.74) is 2.01. The minimum Gasteiger partial charge on any atom is -0.497 e. The number of ether oxygens (including phenoxy) is 1. The fraction of sp³-hybridized carbons (Fsp3) is 0.529. The molecular weight excluding hydrogens is 276 g/mol. The van der Waals surface area contributed by atoms with Gasteiger partial charge in [-0.15, -0.1) is 0 Å². The fourth-order valence-electron chi connectivity index (χ4n) is 3.69. The molecule has 5 heteroatoms. The number of fused-ring (bicyclic) bond motifs is 2. The van der Waals surface area contributed by atoms with Crippen molar-refractivity contribution < 1.29 is 4.74 Å². The first-order chi connectivity index (χ1) is 10.7. The van der Waals surface area contributed by atoms with Crippen LogP contribution in [0.2, 0.25) is 0 Å². The SMILES string of the molecule is COc1ccc2c(C)nc(N3CCN4CCCC4C3)nc2c1. The molecule has 0 bridgehead atoms. The highest BCUT2D eigenvalue weighted by atomic mass is 16.5. The van der Waals surface area contributed by atoms with Crippen LogP contribution >= 0.6 is 0 Å². The van der Waals surface area contributed by atoms with E-state index in [4.69, 9.17) is 14.7 Å². The lowest BCUT2D eigenvalue weighted by Gasteiger charge is -2.37. The summed E-state index contributed by atoms with van der Waals surface area (Å²) in [6.07, 6.45) is 2.63. The Morgan fingerprint density at radius 2 is 2.09 bits per heavy atom. The molecule has 0 aliphatic carbocycles. The summed E-state index contributed by atoms with van der Waals surface area (Å²) in [4.78, 5) is 14.5. The van der Waals surface area contributed by atoms with Crippen LogP contribution in [-0.2, 0) is 0 Å². The van der Waals surface area contributed by atoms with E-state index in [1.807, 2.05) is 18.2 Å². The van der Waals surface area contributed by atoms with Gasteiger partial charge in [-0.05, 0) is 38.4 Å². The van der Waals surface area contributed by atoms with Gasteiger partial charge in [0.05, 0.1) is 18.3 Å². The molecule has 0 amide bonds. The van der Waals surface area contributed by atoms with E-state index in [1.54, 1.807) is 7.11 Å². The molecule has 1 aromatic carbocycles. The Morgan fingerprint density at radius 1 is 1.18 bits per heavy atom. The van der Waals surface area contributed by atoms with E-state index in [2.05, 4.69) is 16.7 Å². The summed E-state index contributed by atoms with van der Waals surface area (Å²) >= 11 is 0. The standard InChI is InChI=1S/C17H22N4O/c1-12-15-6-5-14(22-2)10-16(15)19-17(18-12)21-9-8-20-7-3-4-13(20)11-21/h5-6,10,13H,3-4,7-9,11H2,1-2H3. The highest BCUT2D eigenvalue weighted by Crippen LogP contribution is 2.27. The highest BCUT2D eigenvalue weighted by Gasteiger charge is 2.31. The molecule has 2 aliphatic heterocycles. The first-order valence-electron chi connectivity index (χ1n) is 8.06. The number of hydrogen-bond donors (Lipinski definition) is 0. The molecule has 1 unspecified atom stereocenters. The monoisotopic (exact) mass is 298 g/mol. The molecule has 22 heavy (non-hydrogen) atoms. The Morgan fingerprint density at radius 3 is 2.95 bits per heavy atom. The van der Waals surface area contributed by atoms with Gasteiger partial charge < -0.3 is 9.64 Å². The lowest BCUT2D eigenvalue weighted by Crippen LogP contribution is -2.50. The number of benzene rings is 1.